The molecule has 1 aromatic rings. The summed E-state index contributed by atoms with van der Waals surface area (Å²) in [7, 11) is 1.60. The first kappa shape index (κ1) is 16.4. The lowest BCUT2D eigenvalue weighted by molar-refractivity contribution is -0.126. The summed E-state index contributed by atoms with van der Waals surface area (Å²) in [4.78, 5) is 25.7. The summed E-state index contributed by atoms with van der Waals surface area (Å²) < 4.78 is 10.1. The summed E-state index contributed by atoms with van der Waals surface area (Å²) >= 11 is 0. The van der Waals surface area contributed by atoms with E-state index in [-0.39, 0.29) is 17.9 Å². The van der Waals surface area contributed by atoms with E-state index < -0.39 is 0 Å². The van der Waals surface area contributed by atoms with E-state index in [4.69, 9.17) is 9.15 Å². The van der Waals surface area contributed by atoms with Crippen LogP contribution in [0.4, 0.5) is 4.79 Å². The number of nitrogens with zero attached hydrogens (tertiary/aromatic N) is 1. The van der Waals surface area contributed by atoms with Gasteiger partial charge in [0.1, 0.15) is 5.76 Å². The SMILES string of the molecule is COCCNC(=O)N1CCC(C(=O)NCc2ccco2)CC1. The fourth-order valence-electron chi connectivity index (χ4n) is 2.45. The van der Waals surface area contributed by atoms with E-state index in [0.717, 1.165) is 5.76 Å². The molecule has 3 amide bonds. The summed E-state index contributed by atoms with van der Waals surface area (Å²) in [5.41, 5.74) is 0. The van der Waals surface area contributed by atoms with Crippen molar-refractivity contribution in [1.29, 1.82) is 0 Å². The quantitative estimate of drug-likeness (QED) is 0.767. The Balaban J connectivity index is 1.67. The first-order valence-electron chi connectivity index (χ1n) is 7.52. The Bertz CT molecular complexity index is 467. The van der Waals surface area contributed by atoms with Crippen LogP contribution < -0.4 is 10.6 Å². The van der Waals surface area contributed by atoms with Crippen LogP contribution in [0.5, 0.6) is 0 Å². The van der Waals surface area contributed by atoms with Crippen LogP contribution in [0.3, 0.4) is 0 Å². The molecule has 1 aliphatic heterocycles. The first-order chi connectivity index (χ1) is 10.7. The number of nitrogens with one attached hydrogen (secondary N) is 2. The molecule has 0 aliphatic carbocycles. The van der Waals surface area contributed by atoms with Crippen LogP contribution in [0.1, 0.15) is 18.6 Å². The number of furan rings is 1. The van der Waals surface area contributed by atoms with E-state index in [9.17, 15) is 9.59 Å². The van der Waals surface area contributed by atoms with Gasteiger partial charge < -0.3 is 24.7 Å². The van der Waals surface area contributed by atoms with Gasteiger partial charge in [0, 0.05) is 32.7 Å². The predicted molar refractivity (Wildman–Crippen MR) is 80.1 cm³/mol. The number of hydrogen-bond acceptors (Lipinski definition) is 4. The third kappa shape index (κ3) is 4.77. The molecule has 7 nitrogen and oxygen atoms in total. The van der Waals surface area contributed by atoms with Gasteiger partial charge in [0.2, 0.25) is 5.91 Å². The summed E-state index contributed by atoms with van der Waals surface area (Å²) in [6.45, 7) is 2.59. The Morgan fingerprint density at radius 2 is 2.14 bits per heavy atom. The van der Waals surface area contributed by atoms with Gasteiger partial charge in [0.15, 0.2) is 0 Å². The van der Waals surface area contributed by atoms with Gasteiger partial charge in [-0.25, -0.2) is 4.79 Å². The zero-order valence-corrected chi connectivity index (χ0v) is 12.8. The van der Waals surface area contributed by atoms with Crippen LogP contribution in [0.25, 0.3) is 0 Å². The Kier molecular flexibility index (Phi) is 6.27. The minimum atomic E-state index is -0.0912. The van der Waals surface area contributed by atoms with Crippen molar-refractivity contribution < 1.29 is 18.7 Å². The topological polar surface area (TPSA) is 83.8 Å². The predicted octanol–water partition coefficient (Wildman–Crippen LogP) is 0.964. The fourth-order valence-corrected chi connectivity index (χ4v) is 2.45. The maximum absolute atomic E-state index is 12.1. The Morgan fingerprint density at radius 3 is 2.77 bits per heavy atom. The molecule has 0 aromatic carbocycles. The molecular weight excluding hydrogens is 286 g/mol. The van der Waals surface area contributed by atoms with Crippen molar-refractivity contribution in [1.82, 2.24) is 15.5 Å². The zero-order valence-electron chi connectivity index (χ0n) is 12.8. The number of piperidine rings is 1. The number of carbonyl (C=O) groups excluding carboxylic acids is 2. The molecule has 2 heterocycles. The Labute approximate surface area is 130 Å². The van der Waals surface area contributed by atoms with E-state index in [1.807, 2.05) is 6.07 Å². The average Bonchev–Trinajstić information content (AvgIpc) is 3.06. The largest absolute Gasteiger partial charge is 0.467 e. The molecule has 0 saturated carbocycles. The molecule has 2 rings (SSSR count). The number of urea groups is 1. The molecule has 0 bridgehead atoms. The third-order valence-corrected chi connectivity index (χ3v) is 3.75. The molecule has 0 spiro atoms. The van der Waals surface area contributed by atoms with Crippen molar-refractivity contribution in [2.75, 3.05) is 33.4 Å². The van der Waals surface area contributed by atoms with E-state index >= 15 is 0 Å². The van der Waals surface area contributed by atoms with Gasteiger partial charge in [0.25, 0.3) is 0 Å². The maximum atomic E-state index is 12.1. The molecule has 1 aromatic heterocycles. The number of amides is 3. The van der Waals surface area contributed by atoms with Crippen LogP contribution in [0.15, 0.2) is 22.8 Å². The zero-order chi connectivity index (χ0) is 15.8. The van der Waals surface area contributed by atoms with Gasteiger partial charge in [0.05, 0.1) is 19.4 Å². The van der Waals surface area contributed by atoms with Crippen molar-refractivity contribution in [3.8, 4) is 0 Å². The highest BCUT2D eigenvalue weighted by Crippen LogP contribution is 2.17. The van der Waals surface area contributed by atoms with Crippen molar-refractivity contribution >= 4 is 11.9 Å². The minimum absolute atomic E-state index is 0.0239. The molecule has 2 N–H and O–H groups in total. The van der Waals surface area contributed by atoms with E-state index in [0.29, 0.717) is 45.6 Å². The van der Waals surface area contributed by atoms with Crippen LogP contribution in [0, 0.1) is 5.92 Å². The number of carbonyl (C=O) groups is 2. The first-order valence-corrected chi connectivity index (χ1v) is 7.52. The Hall–Kier alpha value is -2.02. The highest BCUT2D eigenvalue weighted by atomic mass is 16.5. The standard InChI is InChI=1S/C15H23N3O4/c1-21-10-6-16-15(20)18-7-4-12(5-8-18)14(19)17-11-13-3-2-9-22-13/h2-3,9,12H,4-8,10-11H2,1H3,(H,16,20)(H,17,19). The second-order valence-corrected chi connectivity index (χ2v) is 5.28. The monoisotopic (exact) mass is 309 g/mol. The number of ether oxygens (including phenoxy) is 1. The van der Waals surface area contributed by atoms with Crippen molar-refractivity contribution in [3.05, 3.63) is 24.2 Å². The van der Waals surface area contributed by atoms with E-state index in [1.54, 1.807) is 24.3 Å². The molecule has 7 heteroatoms. The van der Waals surface area contributed by atoms with Gasteiger partial charge in [-0.3, -0.25) is 4.79 Å². The van der Waals surface area contributed by atoms with Crippen LogP contribution in [0.2, 0.25) is 0 Å². The summed E-state index contributed by atoms with van der Waals surface area (Å²) in [5, 5.41) is 5.66. The molecule has 0 radical (unpaired) electrons. The highest BCUT2D eigenvalue weighted by molar-refractivity contribution is 5.79. The molecule has 22 heavy (non-hydrogen) atoms. The lowest BCUT2D eigenvalue weighted by atomic mass is 9.96. The number of likely N-dealkylation sites (tertiary alicyclic amines) is 1. The van der Waals surface area contributed by atoms with E-state index in [2.05, 4.69) is 10.6 Å². The average molecular weight is 309 g/mol. The summed E-state index contributed by atoms with van der Waals surface area (Å²) in [6, 6.07) is 3.53. The Morgan fingerprint density at radius 1 is 1.36 bits per heavy atom. The number of hydrogen-bond donors (Lipinski definition) is 2. The van der Waals surface area contributed by atoms with Gasteiger partial charge in [-0.15, -0.1) is 0 Å². The second kappa shape index (κ2) is 8.43. The van der Waals surface area contributed by atoms with Gasteiger partial charge >= 0.3 is 6.03 Å². The van der Waals surface area contributed by atoms with Gasteiger partial charge in [-0.05, 0) is 25.0 Å². The maximum Gasteiger partial charge on any atom is 0.317 e. The van der Waals surface area contributed by atoms with Crippen molar-refractivity contribution in [2.24, 2.45) is 5.92 Å². The molecule has 1 saturated heterocycles. The summed E-state index contributed by atoms with van der Waals surface area (Å²) in [5.74, 6) is 0.720. The fraction of sp³-hybridized carbons (Fsp3) is 0.600. The normalized spacial score (nSPS) is 15.6. The van der Waals surface area contributed by atoms with Crippen molar-refractivity contribution in [3.63, 3.8) is 0 Å². The summed E-state index contributed by atoms with van der Waals surface area (Å²) in [6.07, 6.45) is 2.95. The van der Waals surface area contributed by atoms with Gasteiger partial charge in [-0.1, -0.05) is 0 Å². The molecule has 0 unspecified atom stereocenters. The minimum Gasteiger partial charge on any atom is -0.467 e. The molecule has 0 atom stereocenters. The molecule has 1 aliphatic rings. The molecule has 122 valence electrons. The van der Waals surface area contributed by atoms with Crippen LogP contribution >= 0.6 is 0 Å². The second-order valence-electron chi connectivity index (χ2n) is 5.28. The molecule has 1 fully saturated rings. The van der Waals surface area contributed by atoms with Gasteiger partial charge in [-0.2, -0.15) is 0 Å². The van der Waals surface area contributed by atoms with Crippen LogP contribution in [-0.2, 0) is 16.1 Å². The highest BCUT2D eigenvalue weighted by Gasteiger charge is 2.27. The van der Waals surface area contributed by atoms with E-state index in [1.165, 1.54) is 0 Å². The smallest absolute Gasteiger partial charge is 0.317 e. The van der Waals surface area contributed by atoms with Crippen LogP contribution in [-0.4, -0.2) is 50.2 Å². The lowest BCUT2D eigenvalue weighted by Crippen LogP contribution is -2.47. The number of methoxy groups -OCH3 is 1. The lowest BCUT2D eigenvalue weighted by Gasteiger charge is -2.31. The third-order valence-electron chi connectivity index (χ3n) is 3.75. The van der Waals surface area contributed by atoms with Crippen molar-refractivity contribution in [2.45, 2.75) is 19.4 Å². The number of rotatable bonds is 6. The molecular formula is C15H23N3O4.